The number of hydrogen-bond acceptors (Lipinski definition) is 5. The zero-order valence-electron chi connectivity index (χ0n) is 8.81. The molecule has 0 saturated heterocycles. The molecule has 0 atom stereocenters. The van der Waals surface area contributed by atoms with Gasteiger partial charge in [0.2, 0.25) is 5.91 Å². The van der Waals surface area contributed by atoms with E-state index in [0.29, 0.717) is 5.82 Å². The SMILES string of the molecule is COC(=O)CC(=O)N(C)c1cnc(Cl)cn1. The van der Waals surface area contributed by atoms with E-state index in [4.69, 9.17) is 11.6 Å². The van der Waals surface area contributed by atoms with Gasteiger partial charge in [-0.15, -0.1) is 0 Å². The molecule has 1 aromatic heterocycles. The van der Waals surface area contributed by atoms with E-state index in [9.17, 15) is 9.59 Å². The number of anilines is 1. The van der Waals surface area contributed by atoms with Crippen molar-refractivity contribution in [2.24, 2.45) is 0 Å². The van der Waals surface area contributed by atoms with Crippen molar-refractivity contribution in [3.63, 3.8) is 0 Å². The van der Waals surface area contributed by atoms with Gasteiger partial charge in [-0.25, -0.2) is 9.97 Å². The van der Waals surface area contributed by atoms with E-state index in [-0.39, 0.29) is 11.6 Å². The molecule has 0 aromatic carbocycles. The number of nitrogens with zero attached hydrogens (tertiary/aromatic N) is 3. The van der Waals surface area contributed by atoms with Gasteiger partial charge in [0.1, 0.15) is 11.6 Å². The molecule has 86 valence electrons. The first-order chi connectivity index (χ1) is 7.54. The summed E-state index contributed by atoms with van der Waals surface area (Å²) in [6.07, 6.45) is 2.33. The minimum absolute atomic E-state index is 0.234. The lowest BCUT2D eigenvalue weighted by Gasteiger charge is -2.14. The maximum absolute atomic E-state index is 11.5. The molecular weight excluding hydrogens is 234 g/mol. The molecule has 0 fully saturated rings. The highest BCUT2D eigenvalue weighted by atomic mass is 35.5. The fourth-order valence-corrected chi connectivity index (χ4v) is 1.02. The summed E-state index contributed by atoms with van der Waals surface area (Å²) in [6, 6.07) is 0. The third kappa shape index (κ3) is 3.16. The van der Waals surface area contributed by atoms with Gasteiger partial charge < -0.3 is 4.74 Å². The van der Waals surface area contributed by atoms with E-state index in [0.717, 1.165) is 0 Å². The zero-order valence-corrected chi connectivity index (χ0v) is 9.56. The molecule has 1 amide bonds. The second-order valence-electron chi connectivity index (χ2n) is 2.90. The molecule has 0 aliphatic heterocycles. The van der Waals surface area contributed by atoms with Crippen LogP contribution in [0.4, 0.5) is 5.82 Å². The second kappa shape index (κ2) is 5.41. The smallest absolute Gasteiger partial charge is 0.315 e. The first kappa shape index (κ1) is 12.4. The minimum atomic E-state index is -0.598. The summed E-state index contributed by atoms with van der Waals surface area (Å²) in [7, 11) is 2.71. The molecule has 0 bridgehead atoms. The number of halogens is 1. The van der Waals surface area contributed by atoms with Crippen LogP contribution < -0.4 is 4.90 Å². The standard InChI is InChI=1S/C9H10ClN3O3/c1-13(8(14)3-9(15)16-2)7-5-11-6(10)4-12-7/h4-5H,3H2,1-2H3. The van der Waals surface area contributed by atoms with E-state index in [1.807, 2.05) is 0 Å². The topological polar surface area (TPSA) is 72.4 Å². The molecule has 1 rings (SSSR count). The molecule has 6 nitrogen and oxygen atoms in total. The van der Waals surface area contributed by atoms with Gasteiger partial charge in [-0.2, -0.15) is 0 Å². The number of methoxy groups -OCH3 is 1. The molecule has 0 spiro atoms. The molecule has 0 aliphatic rings. The van der Waals surface area contributed by atoms with Gasteiger partial charge in [-0.05, 0) is 0 Å². The lowest BCUT2D eigenvalue weighted by molar-refractivity contribution is -0.143. The predicted octanol–water partition coefficient (Wildman–Crippen LogP) is 0.656. The fourth-order valence-electron chi connectivity index (χ4n) is 0.921. The van der Waals surface area contributed by atoms with Crippen molar-refractivity contribution >= 4 is 29.3 Å². The monoisotopic (exact) mass is 243 g/mol. The lowest BCUT2D eigenvalue weighted by atomic mass is 10.4. The van der Waals surface area contributed by atoms with Crippen molar-refractivity contribution in [1.29, 1.82) is 0 Å². The second-order valence-corrected chi connectivity index (χ2v) is 3.29. The molecule has 0 unspecified atom stereocenters. The Morgan fingerprint density at radius 1 is 1.44 bits per heavy atom. The Labute approximate surface area is 97.2 Å². The normalized spacial score (nSPS) is 9.69. The summed E-state index contributed by atoms with van der Waals surface area (Å²) in [6.45, 7) is 0. The molecule has 0 saturated carbocycles. The highest BCUT2D eigenvalue weighted by Gasteiger charge is 2.16. The Balaban J connectivity index is 2.70. The quantitative estimate of drug-likeness (QED) is 0.576. The van der Waals surface area contributed by atoms with Gasteiger partial charge in [0.15, 0.2) is 5.82 Å². The van der Waals surface area contributed by atoms with E-state index in [1.165, 1.54) is 31.5 Å². The van der Waals surface area contributed by atoms with Gasteiger partial charge in [-0.1, -0.05) is 11.6 Å². The van der Waals surface area contributed by atoms with Crippen LogP contribution in [0.1, 0.15) is 6.42 Å². The predicted molar refractivity (Wildman–Crippen MR) is 57.1 cm³/mol. The van der Waals surface area contributed by atoms with Crippen molar-refractivity contribution < 1.29 is 14.3 Å². The molecule has 16 heavy (non-hydrogen) atoms. The summed E-state index contributed by atoms with van der Waals surface area (Å²) in [5.74, 6) is -0.708. The Hall–Kier alpha value is -1.69. The van der Waals surface area contributed by atoms with Crippen LogP contribution >= 0.6 is 11.6 Å². The Morgan fingerprint density at radius 3 is 2.62 bits per heavy atom. The summed E-state index contributed by atoms with van der Waals surface area (Å²) in [5.41, 5.74) is 0. The molecule has 0 radical (unpaired) electrons. The molecule has 1 aromatic rings. The van der Waals surface area contributed by atoms with Crippen molar-refractivity contribution in [3.05, 3.63) is 17.5 Å². The van der Waals surface area contributed by atoms with Crippen LogP contribution in [0.3, 0.4) is 0 Å². The maximum atomic E-state index is 11.5. The molecular formula is C9H10ClN3O3. The number of amides is 1. The summed E-state index contributed by atoms with van der Waals surface area (Å²) >= 11 is 5.55. The summed E-state index contributed by atoms with van der Waals surface area (Å²) < 4.78 is 4.38. The first-order valence-corrected chi connectivity index (χ1v) is 4.73. The summed E-state index contributed by atoms with van der Waals surface area (Å²) in [4.78, 5) is 31.3. The molecule has 7 heteroatoms. The van der Waals surface area contributed by atoms with Crippen LogP contribution in [-0.4, -0.2) is 36.0 Å². The van der Waals surface area contributed by atoms with Crippen molar-refractivity contribution in [2.75, 3.05) is 19.1 Å². The van der Waals surface area contributed by atoms with E-state index < -0.39 is 11.9 Å². The van der Waals surface area contributed by atoms with E-state index in [2.05, 4.69) is 14.7 Å². The molecule has 1 heterocycles. The first-order valence-electron chi connectivity index (χ1n) is 4.35. The van der Waals surface area contributed by atoms with Gasteiger partial charge >= 0.3 is 5.97 Å². The van der Waals surface area contributed by atoms with E-state index in [1.54, 1.807) is 0 Å². The third-order valence-corrected chi connectivity index (χ3v) is 2.04. The zero-order chi connectivity index (χ0) is 12.1. The van der Waals surface area contributed by atoms with Gasteiger partial charge in [0, 0.05) is 7.05 Å². The largest absolute Gasteiger partial charge is 0.469 e. The van der Waals surface area contributed by atoms with Gasteiger partial charge in [0.25, 0.3) is 0 Å². The van der Waals surface area contributed by atoms with Crippen LogP contribution in [0.15, 0.2) is 12.4 Å². The van der Waals surface area contributed by atoms with Crippen molar-refractivity contribution in [3.8, 4) is 0 Å². The number of ether oxygens (including phenoxy) is 1. The minimum Gasteiger partial charge on any atom is -0.469 e. The number of esters is 1. The van der Waals surface area contributed by atoms with Crippen LogP contribution in [0.2, 0.25) is 5.15 Å². The van der Waals surface area contributed by atoms with Crippen molar-refractivity contribution in [1.82, 2.24) is 9.97 Å². The number of carbonyl (C=O) groups is 2. The highest BCUT2D eigenvalue weighted by Crippen LogP contribution is 2.10. The highest BCUT2D eigenvalue weighted by molar-refractivity contribution is 6.29. The fraction of sp³-hybridized carbons (Fsp3) is 0.333. The van der Waals surface area contributed by atoms with Crippen LogP contribution in [0.25, 0.3) is 0 Å². The average molecular weight is 244 g/mol. The van der Waals surface area contributed by atoms with Gasteiger partial charge in [0.05, 0.1) is 19.5 Å². The van der Waals surface area contributed by atoms with Crippen LogP contribution in [-0.2, 0) is 14.3 Å². The number of rotatable bonds is 3. The third-order valence-electron chi connectivity index (χ3n) is 1.85. The average Bonchev–Trinajstić information content (AvgIpc) is 2.28. The maximum Gasteiger partial charge on any atom is 0.315 e. The van der Waals surface area contributed by atoms with Crippen LogP contribution in [0.5, 0.6) is 0 Å². The Bertz CT molecular complexity index is 393. The number of aromatic nitrogens is 2. The molecule has 0 N–H and O–H groups in total. The van der Waals surface area contributed by atoms with Gasteiger partial charge in [-0.3, -0.25) is 14.5 Å². The van der Waals surface area contributed by atoms with Crippen LogP contribution in [0, 0.1) is 0 Å². The number of hydrogen-bond donors (Lipinski definition) is 0. The lowest BCUT2D eigenvalue weighted by Crippen LogP contribution is -2.29. The Morgan fingerprint density at radius 2 is 2.12 bits per heavy atom. The van der Waals surface area contributed by atoms with E-state index >= 15 is 0 Å². The van der Waals surface area contributed by atoms with Crippen molar-refractivity contribution in [2.45, 2.75) is 6.42 Å². The molecule has 0 aliphatic carbocycles. The Kier molecular flexibility index (Phi) is 4.19. The number of carbonyl (C=O) groups excluding carboxylic acids is 2. The summed E-state index contributed by atoms with van der Waals surface area (Å²) in [5, 5.41) is 0.234.